The number of carbonyl (C=O) groups is 2. The normalized spacial score (nSPS) is 25.6. The van der Waals surface area contributed by atoms with Crippen LogP contribution in [0.25, 0.3) is 0 Å². The summed E-state index contributed by atoms with van der Waals surface area (Å²) in [6.07, 6.45) is 0.0291. The number of rotatable bonds is 2. The summed E-state index contributed by atoms with van der Waals surface area (Å²) in [5.74, 6) is -3.28. The fourth-order valence-corrected chi connectivity index (χ4v) is 2.28. The molecule has 0 fully saturated rings. The molecule has 2 atom stereocenters. The summed E-state index contributed by atoms with van der Waals surface area (Å²) in [4.78, 5) is 22.5. The summed E-state index contributed by atoms with van der Waals surface area (Å²) < 4.78 is 0. The van der Waals surface area contributed by atoms with Gasteiger partial charge in [0.25, 0.3) is 0 Å². The number of phenolic OH excluding ortho intramolecular Hbond substituents is 2. The van der Waals surface area contributed by atoms with Crippen LogP contribution in [0.1, 0.15) is 18.1 Å². The Kier molecular flexibility index (Phi) is 2.86. The van der Waals surface area contributed by atoms with Crippen LogP contribution < -0.4 is 5.32 Å². The van der Waals surface area contributed by atoms with Crippen molar-refractivity contribution in [3.8, 4) is 11.5 Å². The number of phenols is 2. The minimum absolute atomic E-state index is 0.0291. The average Bonchev–Trinajstić information content (AvgIpc) is 2.31. The Balaban J connectivity index is 2.63. The van der Waals surface area contributed by atoms with Crippen molar-refractivity contribution in [1.29, 1.82) is 0 Å². The maximum absolute atomic E-state index is 11.4. The van der Waals surface area contributed by atoms with Gasteiger partial charge in [0.05, 0.1) is 0 Å². The second kappa shape index (κ2) is 4.13. The minimum Gasteiger partial charge on any atom is -0.504 e. The van der Waals surface area contributed by atoms with Crippen molar-refractivity contribution >= 4 is 11.9 Å². The minimum atomic E-state index is -1.64. The number of hydrogen-bond donors (Lipinski definition) is 5. The van der Waals surface area contributed by atoms with Crippen LogP contribution in [0, 0.1) is 0 Å². The zero-order valence-corrected chi connectivity index (χ0v) is 10.0. The van der Waals surface area contributed by atoms with Crippen LogP contribution in [-0.2, 0) is 21.5 Å². The first kappa shape index (κ1) is 13.2. The number of benzene rings is 1. The van der Waals surface area contributed by atoms with E-state index in [4.69, 9.17) is 5.11 Å². The third kappa shape index (κ3) is 1.97. The molecule has 0 saturated heterocycles. The van der Waals surface area contributed by atoms with E-state index in [0.717, 1.165) is 6.07 Å². The lowest BCUT2D eigenvalue weighted by molar-refractivity contribution is -0.147. The Morgan fingerprint density at radius 2 is 1.84 bits per heavy atom. The number of nitrogens with one attached hydrogen (secondary N) is 1. The van der Waals surface area contributed by atoms with Crippen LogP contribution in [0.3, 0.4) is 0 Å². The molecule has 0 bridgehead atoms. The van der Waals surface area contributed by atoms with Crippen molar-refractivity contribution in [1.82, 2.24) is 5.32 Å². The number of fused-ring (bicyclic) bond motifs is 1. The van der Waals surface area contributed by atoms with Crippen LogP contribution in [0.4, 0.5) is 0 Å². The lowest BCUT2D eigenvalue weighted by Crippen LogP contribution is -2.58. The van der Waals surface area contributed by atoms with Gasteiger partial charge in [-0.25, -0.2) is 4.79 Å². The van der Waals surface area contributed by atoms with E-state index in [1.807, 2.05) is 0 Å². The molecule has 1 aromatic rings. The van der Waals surface area contributed by atoms with E-state index in [1.54, 1.807) is 0 Å². The van der Waals surface area contributed by atoms with E-state index in [2.05, 4.69) is 5.32 Å². The molecule has 0 saturated carbocycles. The molecule has 7 nitrogen and oxygen atoms in total. The summed E-state index contributed by atoms with van der Waals surface area (Å²) in [7, 11) is 0. The van der Waals surface area contributed by atoms with Gasteiger partial charge >= 0.3 is 11.9 Å². The lowest BCUT2D eigenvalue weighted by Gasteiger charge is -2.36. The van der Waals surface area contributed by atoms with Crippen LogP contribution in [-0.4, -0.2) is 38.4 Å². The van der Waals surface area contributed by atoms with Gasteiger partial charge in [-0.3, -0.25) is 10.1 Å². The van der Waals surface area contributed by atoms with Gasteiger partial charge < -0.3 is 20.4 Å². The van der Waals surface area contributed by atoms with E-state index in [-0.39, 0.29) is 12.0 Å². The van der Waals surface area contributed by atoms with Crippen molar-refractivity contribution in [3.05, 3.63) is 23.3 Å². The first-order valence-electron chi connectivity index (χ1n) is 5.55. The van der Waals surface area contributed by atoms with E-state index in [0.29, 0.717) is 5.56 Å². The number of aromatic hydroxyl groups is 2. The summed E-state index contributed by atoms with van der Waals surface area (Å²) in [6, 6.07) is 1.27. The smallest absolute Gasteiger partial charge is 0.328 e. The van der Waals surface area contributed by atoms with E-state index in [1.165, 1.54) is 13.0 Å². The molecule has 1 aliphatic heterocycles. The molecule has 2 rings (SSSR count). The van der Waals surface area contributed by atoms with Crippen LogP contribution in [0.2, 0.25) is 0 Å². The largest absolute Gasteiger partial charge is 0.504 e. The SMILES string of the molecule is C[C@@]1(C(=O)O)N[C@H](C(=O)O)Cc2cc(O)c(O)cc21. The number of hydrogen-bond acceptors (Lipinski definition) is 5. The fraction of sp³-hybridized carbons (Fsp3) is 0.333. The molecule has 0 amide bonds. The topological polar surface area (TPSA) is 127 Å². The highest BCUT2D eigenvalue weighted by Gasteiger charge is 2.44. The van der Waals surface area contributed by atoms with E-state index >= 15 is 0 Å². The highest BCUT2D eigenvalue weighted by atomic mass is 16.4. The molecular weight excluding hydrogens is 254 g/mol. The fourth-order valence-electron chi connectivity index (χ4n) is 2.28. The van der Waals surface area contributed by atoms with Gasteiger partial charge in [-0.2, -0.15) is 0 Å². The summed E-state index contributed by atoms with van der Waals surface area (Å²) in [6.45, 7) is 1.32. The summed E-state index contributed by atoms with van der Waals surface area (Å²) in [5, 5.41) is 39.8. The van der Waals surface area contributed by atoms with Gasteiger partial charge in [-0.15, -0.1) is 0 Å². The van der Waals surface area contributed by atoms with Gasteiger partial charge in [0, 0.05) is 0 Å². The third-order valence-corrected chi connectivity index (χ3v) is 3.35. The van der Waals surface area contributed by atoms with Crippen molar-refractivity contribution in [2.45, 2.75) is 24.9 Å². The lowest BCUT2D eigenvalue weighted by atomic mass is 9.80. The first-order chi connectivity index (χ1) is 8.75. The average molecular weight is 267 g/mol. The van der Waals surface area contributed by atoms with Gasteiger partial charge in [0.1, 0.15) is 11.6 Å². The first-order valence-corrected chi connectivity index (χ1v) is 5.55. The van der Waals surface area contributed by atoms with E-state index < -0.39 is 35.0 Å². The molecule has 0 aromatic heterocycles. The Hall–Kier alpha value is -2.28. The standard InChI is InChI=1S/C12H13NO6/c1-12(11(18)19)6-4-9(15)8(14)3-5(6)2-7(13-12)10(16)17/h3-4,7,13-15H,2H2,1H3,(H,16,17)(H,18,19)/t7-,12+/m0/s1. The van der Waals surface area contributed by atoms with Gasteiger partial charge in [0.15, 0.2) is 11.5 Å². The quantitative estimate of drug-likeness (QED) is 0.477. The van der Waals surface area contributed by atoms with Gasteiger partial charge in [-0.05, 0) is 36.6 Å². The molecule has 0 unspecified atom stereocenters. The molecule has 0 aliphatic carbocycles. The van der Waals surface area contributed by atoms with Crippen molar-refractivity contribution in [3.63, 3.8) is 0 Å². The molecule has 102 valence electrons. The molecule has 1 heterocycles. The van der Waals surface area contributed by atoms with Crippen LogP contribution >= 0.6 is 0 Å². The van der Waals surface area contributed by atoms with Crippen molar-refractivity contribution < 1.29 is 30.0 Å². The molecule has 1 aromatic carbocycles. The van der Waals surface area contributed by atoms with Crippen molar-refractivity contribution in [2.75, 3.05) is 0 Å². The highest BCUT2D eigenvalue weighted by Crippen LogP contribution is 2.37. The number of aliphatic carboxylic acids is 2. The van der Waals surface area contributed by atoms with Gasteiger partial charge in [0.2, 0.25) is 0 Å². The summed E-state index contributed by atoms with van der Waals surface area (Å²) >= 11 is 0. The Morgan fingerprint density at radius 1 is 1.26 bits per heavy atom. The third-order valence-electron chi connectivity index (χ3n) is 3.35. The Labute approximate surface area is 108 Å². The Bertz CT molecular complexity index is 570. The molecule has 5 N–H and O–H groups in total. The zero-order chi connectivity index (χ0) is 14.4. The van der Waals surface area contributed by atoms with Gasteiger partial charge in [-0.1, -0.05) is 0 Å². The molecular formula is C12H13NO6. The maximum atomic E-state index is 11.4. The summed E-state index contributed by atoms with van der Waals surface area (Å²) in [5.41, 5.74) is -1.01. The molecule has 1 aliphatic rings. The predicted octanol–water partition coefficient (Wildman–Crippen LogP) is -0.00350. The molecule has 7 heteroatoms. The second-order valence-corrected chi connectivity index (χ2v) is 4.67. The monoisotopic (exact) mass is 267 g/mol. The number of carboxylic acid groups (broad SMARTS) is 2. The van der Waals surface area contributed by atoms with Crippen LogP contribution in [0.15, 0.2) is 12.1 Å². The zero-order valence-electron chi connectivity index (χ0n) is 10.0. The molecule has 0 spiro atoms. The predicted molar refractivity (Wildman–Crippen MR) is 63.0 cm³/mol. The second-order valence-electron chi connectivity index (χ2n) is 4.67. The molecule has 0 radical (unpaired) electrons. The number of carboxylic acids is 2. The van der Waals surface area contributed by atoms with E-state index in [9.17, 15) is 24.9 Å². The highest BCUT2D eigenvalue weighted by molar-refractivity contribution is 5.84. The maximum Gasteiger partial charge on any atom is 0.328 e. The van der Waals surface area contributed by atoms with Crippen LogP contribution in [0.5, 0.6) is 11.5 Å². The van der Waals surface area contributed by atoms with Crippen molar-refractivity contribution in [2.24, 2.45) is 0 Å². The Morgan fingerprint density at radius 3 is 2.37 bits per heavy atom. The molecule has 19 heavy (non-hydrogen) atoms.